The lowest BCUT2D eigenvalue weighted by Crippen LogP contribution is -3.00. The summed E-state index contributed by atoms with van der Waals surface area (Å²) in [5.74, 6) is 0.607. The Kier molecular flexibility index (Phi) is 10.2. The van der Waals surface area contributed by atoms with Gasteiger partial charge in [0, 0.05) is 15.4 Å². The first kappa shape index (κ1) is 23.1. The van der Waals surface area contributed by atoms with Gasteiger partial charge >= 0.3 is 0 Å². The molecule has 1 aliphatic rings. The standard InChI is InChI=1S/C16H24BrO6S.ClH/c17-11-3-1-2-10(4-11)7-23-14(5-18)12(20)8-24-9-13(21)16(22)15(24)6-19;/h1-4,12-16,18-22H,5-9H2;1H/q+1;/p-1/t12?,13-,14+,15-,16+,24?;/m1./s1. The highest BCUT2D eigenvalue weighted by molar-refractivity contribution is 9.10. The lowest BCUT2D eigenvalue weighted by Gasteiger charge is -2.22. The zero-order valence-electron chi connectivity index (χ0n) is 13.5. The molecule has 1 saturated heterocycles. The number of halogens is 2. The first-order valence-corrected chi connectivity index (χ1v) is 10.2. The quantitative estimate of drug-likeness (QED) is 0.257. The third kappa shape index (κ3) is 6.34. The summed E-state index contributed by atoms with van der Waals surface area (Å²) in [5, 5.41) is 48.4. The molecule has 0 saturated carbocycles. The van der Waals surface area contributed by atoms with Gasteiger partial charge in [-0.1, -0.05) is 28.1 Å². The summed E-state index contributed by atoms with van der Waals surface area (Å²) < 4.78 is 6.55. The molecular formula is C16H24BrClO6S. The Morgan fingerprint density at radius 1 is 1.28 bits per heavy atom. The van der Waals surface area contributed by atoms with Gasteiger partial charge in [0.05, 0.1) is 19.8 Å². The summed E-state index contributed by atoms with van der Waals surface area (Å²) in [6, 6.07) is 7.56. The molecule has 6 atom stereocenters. The molecule has 6 nitrogen and oxygen atoms in total. The Labute approximate surface area is 164 Å². The van der Waals surface area contributed by atoms with E-state index in [0.717, 1.165) is 10.0 Å². The van der Waals surface area contributed by atoms with Crippen LogP contribution in [-0.2, 0) is 22.2 Å². The molecule has 1 heterocycles. The van der Waals surface area contributed by atoms with E-state index in [1.54, 1.807) is 0 Å². The third-order valence-electron chi connectivity index (χ3n) is 4.12. The van der Waals surface area contributed by atoms with Crippen molar-refractivity contribution in [1.29, 1.82) is 0 Å². The molecule has 9 heteroatoms. The van der Waals surface area contributed by atoms with Gasteiger partial charge in [0.15, 0.2) is 5.25 Å². The molecule has 5 N–H and O–H groups in total. The van der Waals surface area contributed by atoms with Gasteiger partial charge in [0.1, 0.15) is 35.9 Å². The van der Waals surface area contributed by atoms with E-state index >= 15 is 0 Å². The van der Waals surface area contributed by atoms with Gasteiger partial charge in [-0.3, -0.25) is 0 Å². The lowest BCUT2D eigenvalue weighted by atomic mass is 10.2. The van der Waals surface area contributed by atoms with Crippen molar-refractivity contribution in [3.8, 4) is 0 Å². The Morgan fingerprint density at radius 2 is 2.00 bits per heavy atom. The van der Waals surface area contributed by atoms with Gasteiger partial charge in [-0.15, -0.1) is 0 Å². The predicted octanol–water partition coefficient (Wildman–Crippen LogP) is -3.59. The van der Waals surface area contributed by atoms with Crippen LogP contribution in [0.5, 0.6) is 0 Å². The number of benzene rings is 1. The number of ether oxygens (including phenoxy) is 1. The molecule has 0 spiro atoms. The minimum absolute atomic E-state index is 0. The van der Waals surface area contributed by atoms with E-state index in [0.29, 0.717) is 5.75 Å². The molecule has 1 aromatic rings. The molecular weight excluding hydrogens is 436 g/mol. The lowest BCUT2D eigenvalue weighted by molar-refractivity contribution is -0.0623. The molecule has 0 aliphatic carbocycles. The van der Waals surface area contributed by atoms with Crippen molar-refractivity contribution in [1.82, 2.24) is 0 Å². The summed E-state index contributed by atoms with van der Waals surface area (Å²) >= 11 is 3.37. The maximum Gasteiger partial charge on any atom is 0.169 e. The maximum absolute atomic E-state index is 10.4. The molecule has 1 aromatic carbocycles. The van der Waals surface area contributed by atoms with Crippen molar-refractivity contribution >= 4 is 26.8 Å². The van der Waals surface area contributed by atoms with Crippen molar-refractivity contribution in [3.63, 3.8) is 0 Å². The van der Waals surface area contributed by atoms with Crippen molar-refractivity contribution in [2.24, 2.45) is 0 Å². The van der Waals surface area contributed by atoms with E-state index in [9.17, 15) is 25.5 Å². The van der Waals surface area contributed by atoms with Gasteiger partial charge in [0.2, 0.25) is 0 Å². The van der Waals surface area contributed by atoms with Gasteiger partial charge in [0.25, 0.3) is 0 Å². The molecule has 0 amide bonds. The first-order chi connectivity index (χ1) is 11.5. The highest BCUT2D eigenvalue weighted by Crippen LogP contribution is 2.25. The van der Waals surface area contributed by atoms with Crippen molar-refractivity contribution < 1.29 is 42.7 Å². The van der Waals surface area contributed by atoms with Crippen LogP contribution in [-0.4, -0.2) is 79.9 Å². The van der Waals surface area contributed by atoms with E-state index in [2.05, 4.69) is 15.9 Å². The zero-order chi connectivity index (χ0) is 17.7. The van der Waals surface area contributed by atoms with Gasteiger partial charge < -0.3 is 42.7 Å². The van der Waals surface area contributed by atoms with Crippen LogP contribution in [0.2, 0.25) is 0 Å². The second kappa shape index (κ2) is 11.1. The average Bonchev–Trinajstić information content (AvgIpc) is 2.81. The fourth-order valence-electron chi connectivity index (χ4n) is 2.73. The van der Waals surface area contributed by atoms with Gasteiger partial charge in [-0.05, 0) is 17.7 Å². The second-order valence-corrected chi connectivity index (χ2v) is 9.14. The minimum atomic E-state index is -0.972. The molecule has 0 aromatic heterocycles. The fraction of sp³-hybridized carbons (Fsp3) is 0.625. The summed E-state index contributed by atoms with van der Waals surface area (Å²) in [4.78, 5) is 0. The maximum atomic E-state index is 10.4. The van der Waals surface area contributed by atoms with Crippen LogP contribution in [0.3, 0.4) is 0 Å². The van der Waals surface area contributed by atoms with Crippen molar-refractivity contribution in [2.75, 3.05) is 24.7 Å². The Hall–Kier alpha value is 0.1000. The van der Waals surface area contributed by atoms with Gasteiger partial charge in [-0.25, -0.2) is 0 Å². The molecule has 25 heavy (non-hydrogen) atoms. The topological polar surface area (TPSA) is 110 Å². The predicted molar refractivity (Wildman–Crippen MR) is 95.8 cm³/mol. The summed E-state index contributed by atoms with van der Waals surface area (Å²) in [6.07, 6.45) is -3.55. The smallest absolute Gasteiger partial charge is 0.169 e. The van der Waals surface area contributed by atoms with E-state index in [-0.39, 0.29) is 38.0 Å². The van der Waals surface area contributed by atoms with Crippen LogP contribution in [0.4, 0.5) is 0 Å². The first-order valence-electron chi connectivity index (χ1n) is 7.74. The van der Waals surface area contributed by atoms with E-state index in [1.165, 1.54) is 0 Å². The van der Waals surface area contributed by atoms with Crippen LogP contribution in [0.25, 0.3) is 0 Å². The second-order valence-electron chi connectivity index (χ2n) is 5.88. The van der Waals surface area contributed by atoms with Crippen LogP contribution < -0.4 is 12.4 Å². The highest BCUT2D eigenvalue weighted by Gasteiger charge is 2.50. The number of hydrogen-bond donors (Lipinski definition) is 5. The molecule has 1 aliphatic heterocycles. The Morgan fingerprint density at radius 3 is 2.60 bits per heavy atom. The van der Waals surface area contributed by atoms with E-state index < -0.39 is 40.6 Å². The number of rotatable bonds is 8. The Bertz CT molecular complexity index is 525. The summed E-state index contributed by atoms with van der Waals surface area (Å²) in [6.45, 7) is -0.317. The minimum Gasteiger partial charge on any atom is -1.00 e. The molecule has 0 radical (unpaired) electrons. The van der Waals surface area contributed by atoms with Gasteiger partial charge in [-0.2, -0.15) is 0 Å². The zero-order valence-corrected chi connectivity index (χ0v) is 16.7. The van der Waals surface area contributed by atoms with Crippen LogP contribution >= 0.6 is 15.9 Å². The molecule has 1 fully saturated rings. The summed E-state index contributed by atoms with van der Waals surface area (Å²) in [5.41, 5.74) is 0.914. The molecule has 2 rings (SSSR count). The van der Waals surface area contributed by atoms with Crippen molar-refractivity contribution in [3.05, 3.63) is 34.3 Å². The normalized spacial score (nSPS) is 28.4. The molecule has 0 bridgehead atoms. The average molecular weight is 460 g/mol. The molecule has 2 unspecified atom stereocenters. The van der Waals surface area contributed by atoms with Crippen LogP contribution in [0.1, 0.15) is 5.56 Å². The SMILES string of the molecule is OC[C@H](OCc1cccc(Br)c1)C(O)C[S+]1C[C@@H](O)[C@H](O)[C@H]1CO.[Cl-]. The van der Waals surface area contributed by atoms with Crippen molar-refractivity contribution in [2.45, 2.75) is 36.3 Å². The largest absolute Gasteiger partial charge is 1.00 e. The van der Waals surface area contributed by atoms with Crippen LogP contribution in [0, 0.1) is 0 Å². The monoisotopic (exact) mass is 458 g/mol. The van der Waals surface area contributed by atoms with E-state index in [4.69, 9.17) is 4.74 Å². The van der Waals surface area contributed by atoms with Crippen LogP contribution in [0.15, 0.2) is 28.7 Å². The highest BCUT2D eigenvalue weighted by atomic mass is 79.9. The number of hydrogen-bond acceptors (Lipinski definition) is 6. The molecule has 144 valence electrons. The summed E-state index contributed by atoms with van der Waals surface area (Å²) in [7, 11) is -0.528. The number of aliphatic hydroxyl groups excluding tert-OH is 5. The number of aliphatic hydroxyl groups is 5. The third-order valence-corrected chi connectivity index (χ3v) is 7.43. The Balaban J connectivity index is 0.00000312. The van der Waals surface area contributed by atoms with E-state index in [1.807, 2.05) is 24.3 Å². The fourth-order valence-corrected chi connectivity index (χ4v) is 5.89.